The van der Waals surface area contributed by atoms with E-state index in [2.05, 4.69) is 18.3 Å². The summed E-state index contributed by atoms with van der Waals surface area (Å²) in [4.78, 5) is 0. The highest BCUT2D eigenvalue weighted by Gasteiger charge is 2.36. The molecule has 14 heavy (non-hydrogen) atoms. The molecule has 0 saturated carbocycles. The minimum atomic E-state index is -0.189. The van der Waals surface area contributed by atoms with Crippen molar-refractivity contribution < 1.29 is 0 Å². The topological polar surface area (TPSA) is 38.0 Å². The largest absolute Gasteiger partial charge is 0.324 e. The van der Waals surface area contributed by atoms with Crippen LogP contribution >= 0.6 is 11.6 Å². The number of benzene rings is 1. The number of hydrogen-bond acceptors (Lipinski definition) is 2. The Hall–Kier alpha value is -0.570. The van der Waals surface area contributed by atoms with E-state index in [4.69, 9.17) is 17.3 Å². The lowest BCUT2D eigenvalue weighted by Crippen LogP contribution is -2.43. The summed E-state index contributed by atoms with van der Waals surface area (Å²) in [5.41, 5.74) is 7.17. The highest BCUT2D eigenvalue weighted by molar-refractivity contribution is 6.31. The maximum absolute atomic E-state index is 6.20. The zero-order valence-electron chi connectivity index (χ0n) is 8.26. The van der Waals surface area contributed by atoms with E-state index in [0.29, 0.717) is 5.92 Å². The van der Waals surface area contributed by atoms with Gasteiger partial charge < -0.3 is 11.1 Å². The van der Waals surface area contributed by atoms with Gasteiger partial charge in [-0.05, 0) is 18.6 Å². The molecule has 3 heteroatoms. The van der Waals surface area contributed by atoms with Crippen molar-refractivity contribution in [3.05, 3.63) is 34.9 Å². The van der Waals surface area contributed by atoms with E-state index in [0.717, 1.165) is 23.7 Å². The van der Waals surface area contributed by atoms with E-state index >= 15 is 0 Å². The van der Waals surface area contributed by atoms with Gasteiger partial charge in [0.15, 0.2) is 0 Å². The molecule has 76 valence electrons. The smallest absolute Gasteiger partial charge is 0.0442 e. The third kappa shape index (κ3) is 1.65. The fourth-order valence-electron chi connectivity index (χ4n) is 2.07. The van der Waals surface area contributed by atoms with Gasteiger partial charge in [-0.2, -0.15) is 0 Å². The molecule has 1 fully saturated rings. The maximum atomic E-state index is 6.20. The predicted octanol–water partition coefficient (Wildman–Crippen LogP) is 1.74. The van der Waals surface area contributed by atoms with Crippen molar-refractivity contribution in [3.8, 4) is 0 Å². The molecule has 1 aromatic carbocycles. The van der Waals surface area contributed by atoms with E-state index in [1.54, 1.807) is 0 Å². The lowest BCUT2D eigenvalue weighted by atomic mass is 9.84. The van der Waals surface area contributed by atoms with Crippen molar-refractivity contribution in [1.82, 2.24) is 5.32 Å². The Kier molecular flexibility index (Phi) is 2.52. The number of nitrogens with two attached hydrogens (primary N) is 1. The SMILES string of the molecule is CC1(N)CNCC1c1ccccc1Cl. The van der Waals surface area contributed by atoms with Crippen LogP contribution in [0.25, 0.3) is 0 Å². The van der Waals surface area contributed by atoms with E-state index in [1.165, 1.54) is 0 Å². The molecule has 0 amide bonds. The Bertz CT molecular complexity index is 336. The molecule has 1 aliphatic rings. The normalized spacial score (nSPS) is 32.1. The highest BCUT2D eigenvalue weighted by Crippen LogP contribution is 2.33. The molecule has 2 unspecified atom stereocenters. The van der Waals surface area contributed by atoms with Gasteiger partial charge in [-0.1, -0.05) is 29.8 Å². The predicted molar refractivity (Wildman–Crippen MR) is 59.7 cm³/mol. The summed E-state index contributed by atoms with van der Waals surface area (Å²) in [6, 6.07) is 7.94. The van der Waals surface area contributed by atoms with Crippen molar-refractivity contribution in [1.29, 1.82) is 0 Å². The van der Waals surface area contributed by atoms with Crippen LogP contribution < -0.4 is 11.1 Å². The summed E-state index contributed by atoms with van der Waals surface area (Å²) in [6.07, 6.45) is 0. The van der Waals surface area contributed by atoms with Crippen molar-refractivity contribution in [3.63, 3.8) is 0 Å². The van der Waals surface area contributed by atoms with Crippen molar-refractivity contribution >= 4 is 11.6 Å². The second kappa shape index (κ2) is 3.54. The van der Waals surface area contributed by atoms with E-state index in [-0.39, 0.29) is 5.54 Å². The van der Waals surface area contributed by atoms with Crippen LogP contribution in [0.2, 0.25) is 5.02 Å². The maximum Gasteiger partial charge on any atom is 0.0442 e. The molecule has 2 atom stereocenters. The van der Waals surface area contributed by atoms with E-state index in [1.807, 2.05) is 18.2 Å². The Morgan fingerprint density at radius 3 is 2.79 bits per heavy atom. The van der Waals surface area contributed by atoms with Crippen LogP contribution in [0.15, 0.2) is 24.3 Å². The van der Waals surface area contributed by atoms with Crippen LogP contribution in [0.1, 0.15) is 18.4 Å². The Morgan fingerprint density at radius 1 is 1.50 bits per heavy atom. The van der Waals surface area contributed by atoms with Gasteiger partial charge in [-0.15, -0.1) is 0 Å². The van der Waals surface area contributed by atoms with Crippen molar-refractivity contribution in [2.45, 2.75) is 18.4 Å². The fraction of sp³-hybridized carbons (Fsp3) is 0.455. The first-order valence-electron chi connectivity index (χ1n) is 4.85. The number of rotatable bonds is 1. The number of hydrogen-bond donors (Lipinski definition) is 2. The van der Waals surface area contributed by atoms with Crippen LogP contribution in [0, 0.1) is 0 Å². The van der Waals surface area contributed by atoms with Gasteiger partial charge >= 0.3 is 0 Å². The molecule has 3 N–H and O–H groups in total. The molecule has 2 nitrogen and oxygen atoms in total. The molecule has 1 aliphatic heterocycles. The quantitative estimate of drug-likeness (QED) is 0.741. The summed E-state index contributed by atoms with van der Waals surface area (Å²) in [6.45, 7) is 3.83. The summed E-state index contributed by atoms with van der Waals surface area (Å²) >= 11 is 6.15. The van der Waals surface area contributed by atoms with Crippen molar-refractivity contribution in [2.24, 2.45) is 5.73 Å². The minimum absolute atomic E-state index is 0.189. The Labute approximate surface area is 89.4 Å². The van der Waals surface area contributed by atoms with Crippen LogP contribution in [0.3, 0.4) is 0 Å². The fourth-order valence-corrected chi connectivity index (χ4v) is 2.33. The molecule has 0 bridgehead atoms. The lowest BCUT2D eigenvalue weighted by molar-refractivity contribution is 0.462. The molecule has 0 aromatic heterocycles. The van der Waals surface area contributed by atoms with Gasteiger partial charge in [0.25, 0.3) is 0 Å². The van der Waals surface area contributed by atoms with Crippen LogP contribution in [0.4, 0.5) is 0 Å². The molecule has 0 radical (unpaired) electrons. The monoisotopic (exact) mass is 210 g/mol. The Morgan fingerprint density at radius 2 is 2.21 bits per heavy atom. The second-order valence-electron chi connectivity index (χ2n) is 4.21. The van der Waals surface area contributed by atoms with Crippen LogP contribution in [-0.4, -0.2) is 18.6 Å². The standard InChI is InChI=1S/C11H15ClN2/c1-11(13)7-14-6-9(11)8-4-2-3-5-10(8)12/h2-5,9,14H,6-7,13H2,1H3. The molecule has 0 aliphatic carbocycles. The summed E-state index contributed by atoms with van der Waals surface area (Å²) in [5.74, 6) is 0.316. The molecular formula is C11H15ClN2. The van der Waals surface area contributed by atoms with Gasteiger partial charge in [0.2, 0.25) is 0 Å². The van der Waals surface area contributed by atoms with Gasteiger partial charge in [-0.25, -0.2) is 0 Å². The summed E-state index contributed by atoms with van der Waals surface area (Å²) in [5, 5.41) is 4.12. The molecule has 2 rings (SSSR count). The molecule has 0 spiro atoms. The first kappa shape index (κ1) is 9.97. The van der Waals surface area contributed by atoms with Gasteiger partial charge in [-0.3, -0.25) is 0 Å². The average molecular weight is 211 g/mol. The third-order valence-corrected chi connectivity index (χ3v) is 3.28. The van der Waals surface area contributed by atoms with E-state index in [9.17, 15) is 0 Å². The van der Waals surface area contributed by atoms with Crippen LogP contribution in [-0.2, 0) is 0 Å². The zero-order chi connectivity index (χ0) is 10.2. The average Bonchev–Trinajstić information content (AvgIpc) is 2.46. The second-order valence-corrected chi connectivity index (χ2v) is 4.62. The third-order valence-electron chi connectivity index (χ3n) is 2.93. The summed E-state index contributed by atoms with van der Waals surface area (Å²) < 4.78 is 0. The highest BCUT2D eigenvalue weighted by atomic mass is 35.5. The Balaban J connectivity index is 2.36. The van der Waals surface area contributed by atoms with Crippen molar-refractivity contribution in [2.75, 3.05) is 13.1 Å². The van der Waals surface area contributed by atoms with Gasteiger partial charge in [0.05, 0.1) is 0 Å². The van der Waals surface area contributed by atoms with Gasteiger partial charge in [0.1, 0.15) is 0 Å². The van der Waals surface area contributed by atoms with E-state index < -0.39 is 0 Å². The summed E-state index contributed by atoms with van der Waals surface area (Å²) in [7, 11) is 0. The molecule has 1 saturated heterocycles. The minimum Gasteiger partial charge on any atom is -0.324 e. The molecule has 1 heterocycles. The van der Waals surface area contributed by atoms with Crippen LogP contribution in [0.5, 0.6) is 0 Å². The number of halogens is 1. The first-order chi connectivity index (χ1) is 6.61. The zero-order valence-corrected chi connectivity index (χ0v) is 9.01. The number of nitrogens with one attached hydrogen (secondary N) is 1. The van der Waals surface area contributed by atoms with Gasteiger partial charge in [0, 0.05) is 29.6 Å². The lowest BCUT2D eigenvalue weighted by Gasteiger charge is -2.26. The first-order valence-corrected chi connectivity index (χ1v) is 5.23. The molecule has 1 aromatic rings. The molecular weight excluding hydrogens is 196 g/mol.